The lowest BCUT2D eigenvalue weighted by Crippen LogP contribution is -2.20. The molecule has 0 bridgehead atoms. The highest BCUT2D eigenvalue weighted by molar-refractivity contribution is 7.99. The predicted octanol–water partition coefficient (Wildman–Crippen LogP) is 4.32. The molecule has 1 unspecified atom stereocenters. The minimum Gasteiger partial charge on any atom is -0.491 e. The third kappa shape index (κ3) is 4.15. The van der Waals surface area contributed by atoms with Gasteiger partial charge >= 0.3 is 0 Å². The summed E-state index contributed by atoms with van der Waals surface area (Å²) in [5, 5.41) is 20.8. The molecular formula is C20H18N2O4S. The number of hydrogen-bond acceptors (Lipinski definition) is 7. The Hall–Kier alpha value is -2.77. The second-order valence-electron chi connectivity index (χ2n) is 6.05. The van der Waals surface area contributed by atoms with E-state index in [0.717, 1.165) is 27.8 Å². The predicted molar refractivity (Wildman–Crippen MR) is 103 cm³/mol. The molecule has 6 nitrogen and oxygen atoms in total. The standard InChI is InChI=1S/C20H18N2O4S/c1-13-18(8-9-24-13)19-21-22-20(26-19)27-12-16(23)11-25-17-7-6-14-4-2-3-5-15(14)10-17/h2-10,16,23H,11-12H2,1H3. The highest BCUT2D eigenvalue weighted by atomic mass is 32.2. The zero-order chi connectivity index (χ0) is 18.6. The number of thioether (sulfide) groups is 1. The minimum absolute atomic E-state index is 0.188. The number of aromatic nitrogens is 2. The van der Waals surface area contributed by atoms with Crippen molar-refractivity contribution in [3.63, 3.8) is 0 Å². The Morgan fingerprint density at radius 2 is 1.96 bits per heavy atom. The number of aliphatic hydroxyl groups excluding tert-OH is 1. The van der Waals surface area contributed by atoms with Gasteiger partial charge in [-0.15, -0.1) is 10.2 Å². The zero-order valence-electron chi connectivity index (χ0n) is 14.7. The van der Waals surface area contributed by atoms with Crippen molar-refractivity contribution in [2.45, 2.75) is 18.3 Å². The van der Waals surface area contributed by atoms with Crippen molar-refractivity contribution in [1.82, 2.24) is 10.2 Å². The summed E-state index contributed by atoms with van der Waals surface area (Å²) >= 11 is 1.29. The summed E-state index contributed by atoms with van der Waals surface area (Å²) in [5.74, 6) is 2.25. The first-order valence-electron chi connectivity index (χ1n) is 8.49. The molecule has 4 aromatic rings. The molecule has 0 saturated heterocycles. The van der Waals surface area contributed by atoms with Gasteiger partial charge in [-0.3, -0.25) is 0 Å². The van der Waals surface area contributed by atoms with E-state index in [2.05, 4.69) is 10.2 Å². The summed E-state index contributed by atoms with van der Waals surface area (Å²) in [4.78, 5) is 0. The smallest absolute Gasteiger partial charge is 0.276 e. The highest BCUT2D eigenvalue weighted by Crippen LogP contribution is 2.27. The van der Waals surface area contributed by atoms with E-state index in [-0.39, 0.29) is 6.61 Å². The number of fused-ring (bicyclic) bond motifs is 1. The van der Waals surface area contributed by atoms with Crippen LogP contribution in [0.5, 0.6) is 5.75 Å². The van der Waals surface area contributed by atoms with Crippen LogP contribution in [0.3, 0.4) is 0 Å². The number of aryl methyl sites for hydroxylation is 1. The third-order valence-electron chi connectivity index (χ3n) is 4.06. The van der Waals surface area contributed by atoms with E-state index in [9.17, 15) is 5.11 Å². The molecule has 7 heteroatoms. The summed E-state index contributed by atoms with van der Waals surface area (Å²) in [7, 11) is 0. The van der Waals surface area contributed by atoms with Crippen molar-refractivity contribution < 1.29 is 18.7 Å². The van der Waals surface area contributed by atoms with Crippen molar-refractivity contribution in [2.24, 2.45) is 0 Å². The lowest BCUT2D eigenvalue weighted by Gasteiger charge is -2.11. The van der Waals surface area contributed by atoms with E-state index >= 15 is 0 Å². The van der Waals surface area contributed by atoms with E-state index in [1.165, 1.54) is 11.8 Å². The van der Waals surface area contributed by atoms with Gasteiger partial charge in [-0.1, -0.05) is 42.1 Å². The molecule has 0 amide bonds. The molecule has 0 aliphatic carbocycles. The molecule has 0 spiro atoms. The lowest BCUT2D eigenvalue weighted by atomic mass is 10.1. The van der Waals surface area contributed by atoms with Crippen LogP contribution in [0.4, 0.5) is 0 Å². The van der Waals surface area contributed by atoms with Gasteiger partial charge in [0.1, 0.15) is 18.1 Å². The number of hydrogen-bond donors (Lipinski definition) is 1. The summed E-state index contributed by atoms with van der Waals surface area (Å²) in [5.41, 5.74) is 0.773. The SMILES string of the molecule is Cc1occc1-c1nnc(SCC(O)COc2ccc3ccccc3c2)o1. The minimum atomic E-state index is -0.660. The molecule has 2 heterocycles. The normalized spacial score (nSPS) is 12.4. The fourth-order valence-corrected chi connectivity index (χ4v) is 3.32. The molecule has 2 aromatic carbocycles. The maximum Gasteiger partial charge on any atom is 0.276 e. The molecule has 27 heavy (non-hydrogen) atoms. The van der Waals surface area contributed by atoms with Crippen LogP contribution in [-0.4, -0.2) is 33.8 Å². The second-order valence-corrected chi connectivity index (χ2v) is 7.02. The average Bonchev–Trinajstić information content (AvgIpc) is 3.33. The first-order valence-corrected chi connectivity index (χ1v) is 9.48. The molecule has 0 radical (unpaired) electrons. The molecule has 2 aromatic heterocycles. The van der Waals surface area contributed by atoms with Gasteiger partial charge < -0.3 is 18.7 Å². The van der Waals surface area contributed by atoms with Crippen molar-refractivity contribution >= 4 is 22.5 Å². The van der Waals surface area contributed by atoms with Gasteiger partial charge in [-0.25, -0.2) is 0 Å². The van der Waals surface area contributed by atoms with E-state index in [1.54, 1.807) is 12.3 Å². The van der Waals surface area contributed by atoms with Gasteiger partial charge in [0.2, 0.25) is 0 Å². The molecule has 0 aliphatic rings. The summed E-state index contributed by atoms with van der Waals surface area (Å²) in [6.07, 6.45) is 0.919. The van der Waals surface area contributed by atoms with Crippen molar-refractivity contribution in [3.8, 4) is 17.2 Å². The molecule has 1 N–H and O–H groups in total. The number of benzene rings is 2. The Kier molecular flexibility index (Phi) is 5.13. The van der Waals surface area contributed by atoms with Gasteiger partial charge in [0.25, 0.3) is 11.1 Å². The van der Waals surface area contributed by atoms with Crippen LogP contribution in [-0.2, 0) is 0 Å². The van der Waals surface area contributed by atoms with Gasteiger partial charge in [-0.2, -0.15) is 0 Å². The Morgan fingerprint density at radius 3 is 2.78 bits per heavy atom. The Balaban J connectivity index is 1.30. The van der Waals surface area contributed by atoms with E-state index in [1.807, 2.05) is 49.4 Å². The monoisotopic (exact) mass is 382 g/mol. The van der Waals surface area contributed by atoms with Gasteiger partial charge in [0, 0.05) is 5.75 Å². The van der Waals surface area contributed by atoms with Crippen molar-refractivity contribution in [2.75, 3.05) is 12.4 Å². The number of furan rings is 1. The number of aliphatic hydroxyl groups is 1. The van der Waals surface area contributed by atoms with Crippen LogP contribution >= 0.6 is 11.8 Å². The van der Waals surface area contributed by atoms with Crippen LogP contribution in [0.1, 0.15) is 5.76 Å². The Morgan fingerprint density at radius 1 is 1.11 bits per heavy atom. The highest BCUT2D eigenvalue weighted by Gasteiger charge is 2.15. The van der Waals surface area contributed by atoms with E-state index in [0.29, 0.717) is 16.9 Å². The van der Waals surface area contributed by atoms with Gasteiger partial charge in [0.15, 0.2) is 0 Å². The topological polar surface area (TPSA) is 81.5 Å². The van der Waals surface area contributed by atoms with Crippen LogP contribution in [0.15, 0.2) is 68.9 Å². The molecular weight excluding hydrogens is 364 g/mol. The summed E-state index contributed by atoms with van der Waals surface area (Å²) in [6, 6.07) is 15.7. The summed E-state index contributed by atoms with van der Waals surface area (Å²) < 4.78 is 16.5. The quantitative estimate of drug-likeness (QED) is 0.477. The largest absolute Gasteiger partial charge is 0.491 e. The van der Waals surface area contributed by atoms with Crippen LogP contribution in [0, 0.1) is 6.92 Å². The Labute approximate surface area is 160 Å². The van der Waals surface area contributed by atoms with Gasteiger partial charge in [0.05, 0.1) is 17.9 Å². The van der Waals surface area contributed by atoms with Crippen molar-refractivity contribution in [1.29, 1.82) is 0 Å². The van der Waals surface area contributed by atoms with Gasteiger partial charge in [-0.05, 0) is 35.9 Å². The molecule has 1 atom stereocenters. The maximum absolute atomic E-state index is 10.2. The zero-order valence-corrected chi connectivity index (χ0v) is 15.5. The van der Waals surface area contributed by atoms with Crippen LogP contribution in [0.2, 0.25) is 0 Å². The molecule has 138 valence electrons. The number of nitrogens with zero attached hydrogens (tertiary/aromatic N) is 2. The fourth-order valence-electron chi connectivity index (χ4n) is 2.65. The maximum atomic E-state index is 10.2. The molecule has 4 rings (SSSR count). The van der Waals surface area contributed by atoms with E-state index in [4.69, 9.17) is 13.6 Å². The molecule has 0 saturated carbocycles. The van der Waals surface area contributed by atoms with E-state index < -0.39 is 6.10 Å². The molecule has 0 fully saturated rings. The second kappa shape index (κ2) is 7.85. The van der Waals surface area contributed by atoms with Crippen LogP contribution < -0.4 is 4.74 Å². The number of ether oxygens (including phenoxy) is 1. The summed E-state index contributed by atoms with van der Waals surface area (Å²) in [6.45, 7) is 2.02. The van der Waals surface area contributed by atoms with Crippen LogP contribution in [0.25, 0.3) is 22.2 Å². The molecule has 0 aliphatic heterocycles. The first kappa shape index (κ1) is 17.6. The average molecular weight is 382 g/mol. The third-order valence-corrected chi connectivity index (χ3v) is 5.02. The number of rotatable bonds is 7. The lowest BCUT2D eigenvalue weighted by molar-refractivity contribution is 0.126. The fraction of sp³-hybridized carbons (Fsp3) is 0.200. The van der Waals surface area contributed by atoms with Crippen molar-refractivity contribution in [3.05, 3.63) is 60.6 Å². The first-order chi connectivity index (χ1) is 13.2. The Bertz CT molecular complexity index is 1040.